The van der Waals surface area contributed by atoms with Crippen molar-refractivity contribution in [1.82, 2.24) is 25.1 Å². The molecule has 7 nitrogen and oxygen atoms in total. The quantitative estimate of drug-likeness (QED) is 0.852. The van der Waals surface area contributed by atoms with E-state index < -0.39 is 0 Å². The Labute approximate surface area is 139 Å². The number of hydrogen-bond donors (Lipinski definition) is 0. The number of rotatable bonds is 3. The first-order valence-corrected chi connectivity index (χ1v) is 7.86. The van der Waals surface area contributed by atoms with Gasteiger partial charge in [0.05, 0.1) is 12.2 Å². The molecule has 1 saturated heterocycles. The van der Waals surface area contributed by atoms with Gasteiger partial charge in [0.15, 0.2) is 0 Å². The number of ether oxygens (including phenoxy) is 1. The van der Waals surface area contributed by atoms with E-state index in [4.69, 9.17) is 16.3 Å². The maximum Gasteiger partial charge on any atom is 0.246 e. The van der Waals surface area contributed by atoms with Gasteiger partial charge in [-0.3, -0.25) is 4.79 Å². The molecule has 2 heterocycles. The minimum absolute atomic E-state index is 0.0356. The standard InChI is InChI=1S/C15H18ClN5O2/c1-10-7-20(8-11(2)23-10)14(22)9-21-18-15(17-19-21)12-4-3-5-13(16)6-12/h3-6,10-11H,7-9H2,1-2H3/t10-,11-/m1/s1. The predicted octanol–water partition coefficient (Wildman–Crippen LogP) is 1.63. The summed E-state index contributed by atoms with van der Waals surface area (Å²) in [4.78, 5) is 15.5. The highest BCUT2D eigenvalue weighted by molar-refractivity contribution is 6.30. The van der Waals surface area contributed by atoms with Crippen LogP contribution in [0, 0.1) is 0 Å². The van der Waals surface area contributed by atoms with Crippen molar-refractivity contribution in [2.75, 3.05) is 13.1 Å². The van der Waals surface area contributed by atoms with Crippen LogP contribution in [0.25, 0.3) is 11.4 Å². The third kappa shape index (κ3) is 3.86. The molecule has 1 aliphatic heterocycles. The summed E-state index contributed by atoms with van der Waals surface area (Å²) >= 11 is 5.96. The normalized spacial score (nSPS) is 21.4. The third-order valence-electron chi connectivity index (χ3n) is 3.58. The van der Waals surface area contributed by atoms with Crippen molar-refractivity contribution in [2.45, 2.75) is 32.6 Å². The summed E-state index contributed by atoms with van der Waals surface area (Å²) in [6.07, 6.45) is 0.0712. The summed E-state index contributed by atoms with van der Waals surface area (Å²) in [7, 11) is 0. The van der Waals surface area contributed by atoms with Crippen LogP contribution >= 0.6 is 11.6 Å². The van der Waals surface area contributed by atoms with E-state index in [0.717, 1.165) is 5.56 Å². The van der Waals surface area contributed by atoms with Gasteiger partial charge in [-0.2, -0.15) is 4.80 Å². The summed E-state index contributed by atoms with van der Waals surface area (Å²) in [5.74, 6) is 0.408. The van der Waals surface area contributed by atoms with E-state index in [2.05, 4.69) is 15.4 Å². The maximum absolute atomic E-state index is 12.4. The molecule has 0 radical (unpaired) electrons. The summed E-state index contributed by atoms with van der Waals surface area (Å²) in [6.45, 7) is 5.15. The van der Waals surface area contributed by atoms with Crippen molar-refractivity contribution in [3.8, 4) is 11.4 Å². The Morgan fingerprint density at radius 1 is 1.35 bits per heavy atom. The number of carbonyl (C=O) groups excluding carboxylic acids is 1. The molecule has 23 heavy (non-hydrogen) atoms. The molecular weight excluding hydrogens is 318 g/mol. The Morgan fingerprint density at radius 3 is 2.78 bits per heavy atom. The van der Waals surface area contributed by atoms with Crippen LogP contribution in [0.4, 0.5) is 0 Å². The van der Waals surface area contributed by atoms with Gasteiger partial charge in [0, 0.05) is 23.7 Å². The van der Waals surface area contributed by atoms with Gasteiger partial charge in [-0.1, -0.05) is 23.7 Å². The van der Waals surface area contributed by atoms with Crippen molar-refractivity contribution in [3.05, 3.63) is 29.3 Å². The molecule has 1 fully saturated rings. The SMILES string of the molecule is C[C@@H]1CN(C(=O)Cn2nnc(-c3cccc(Cl)c3)n2)C[C@@H](C)O1. The zero-order chi connectivity index (χ0) is 16.4. The molecule has 122 valence electrons. The predicted molar refractivity (Wildman–Crippen MR) is 84.9 cm³/mol. The van der Waals surface area contributed by atoms with Crippen LogP contribution in [-0.2, 0) is 16.1 Å². The molecule has 1 aromatic heterocycles. The monoisotopic (exact) mass is 335 g/mol. The number of amides is 1. The van der Waals surface area contributed by atoms with E-state index in [1.165, 1.54) is 4.80 Å². The average Bonchev–Trinajstić information content (AvgIpc) is 2.95. The van der Waals surface area contributed by atoms with E-state index in [9.17, 15) is 4.79 Å². The van der Waals surface area contributed by atoms with Crippen LogP contribution in [0.3, 0.4) is 0 Å². The van der Waals surface area contributed by atoms with Gasteiger partial charge in [-0.25, -0.2) is 0 Å². The van der Waals surface area contributed by atoms with Crippen molar-refractivity contribution < 1.29 is 9.53 Å². The number of halogens is 1. The van der Waals surface area contributed by atoms with Crippen LogP contribution in [0.5, 0.6) is 0 Å². The fourth-order valence-corrected chi connectivity index (χ4v) is 2.85. The number of benzene rings is 1. The van der Waals surface area contributed by atoms with Gasteiger partial charge in [-0.05, 0) is 31.2 Å². The fourth-order valence-electron chi connectivity index (χ4n) is 2.66. The zero-order valence-corrected chi connectivity index (χ0v) is 13.8. The molecule has 0 spiro atoms. The minimum atomic E-state index is -0.0398. The number of carbonyl (C=O) groups is 1. The zero-order valence-electron chi connectivity index (χ0n) is 13.0. The summed E-state index contributed by atoms with van der Waals surface area (Å²) in [5.41, 5.74) is 0.768. The minimum Gasteiger partial charge on any atom is -0.372 e. The number of nitrogens with zero attached hydrogens (tertiary/aromatic N) is 5. The highest BCUT2D eigenvalue weighted by Gasteiger charge is 2.26. The molecule has 0 bridgehead atoms. The molecule has 0 N–H and O–H groups in total. The highest BCUT2D eigenvalue weighted by atomic mass is 35.5. The second-order valence-electron chi connectivity index (χ2n) is 5.71. The van der Waals surface area contributed by atoms with E-state index in [1.54, 1.807) is 17.0 Å². The molecule has 1 aromatic carbocycles. The summed E-state index contributed by atoms with van der Waals surface area (Å²) in [6, 6.07) is 7.20. The van der Waals surface area contributed by atoms with Crippen LogP contribution < -0.4 is 0 Å². The van der Waals surface area contributed by atoms with Crippen LogP contribution in [0.1, 0.15) is 13.8 Å². The molecule has 0 saturated carbocycles. The second kappa shape index (κ2) is 6.64. The van der Waals surface area contributed by atoms with Gasteiger partial charge in [0.25, 0.3) is 0 Å². The first kappa shape index (κ1) is 15.9. The van der Waals surface area contributed by atoms with Gasteiger partial charge >= 0.3 is 0 Å². The first-order valence-electron chi connectivity index (χ1n) is 7.48. The van der Waals surface area contributed by atoms with Gasteiger partial charge in [0.1, 0.15) is 6.54 Å². The third-order valence-corrected chi connectivity index (χ3v) is 3.82. The Morgan fingerprint density at radius 2 is 2.09 bits per heavy atom. The van der Waals surface area contributed by atoms with E-state index in [0.29, 0.717) is 23.9 Å². The number of aromatic nitrogens is 4. The largest absolute Gasteiger partial charge is 0.372 e. The fraction of sp³-hybridized carbons (Fsp3) is 0.467. The smallest absolute Gasteiger partial charge is 0.246 e. The molecule has 1 aliphatic rings. The van der Waals surface area contributed by atoms with Gasteiger partial charge < -0.3 is 9.64 Å². The van der Waals surface area contributed by atoms with E-state index in [-0.39, 0.29) is 24.7 Å². The molecule has 2 atom stereocenters. The van der Waals surface area contributed by atoms with Crippen molar-refractivity contribution >= 4 is 17.5 Å². The van der Waals surface area contributed by atoms with Gasteiger partial charge in [0.2, 0.25) is 11.7 Å². The molecule has 0 unspecified atom stereocenters. The summed E-state index contributed by atoms with van der Waals surface area (Å²) in [5, 5.41) is 12.8. The number of tetrazole rings is 1. The lowest BCUT2D eigenvalue weighted by molar-refractivity contribution is -0.144. The summed E-state index contributed by atoms with van der Waals surface area (Å²) < 4.78 is 5.63. The van der Waals surface area contributed by atoms with E-state index >= 15 is 0 Å². The first-order chi connectivity index (χ1) is 11.0. The van der Waals surface area contributed by atoms with Crippen LogP contribution in [0.15, 0.2) is 24.3 Å². The van der Waals surface area contributed by atoms with Crippen LogP contribution in [-0.4, -0.2) is 56.3 Å². The average molecular weight is 336 g/mol. The van der Waals surface area contributed by atoms with Crippen LogP contribution in [0.2, 0.25) is 5.02 Å². The number of morpholine rings is 1. The lowest BCUT2D eigenvalue weighted by atomic mass is 10.2. The van der Waals surface area contributed by atoms with Crippen molar-refractivity contribution in [2.24, 2.45) is 0 Å². The molecule has 1 amide bonds. The van der Waals surface area contributed by atoms with E-state index in [1.807, 2.05) is 26.0 Å². The Kier molecular flexibility index (Phi) is 4.58. The molecule has 0 aliphatic carbocycles. The Balaban J connectivity index is 1.68. The van der Waals surface area contributed by atoms with Gasteiger partial charge in [-0.15, -0.1) is 10.2 Å². The molecule has 8 heteroatoms. The molecule has 2 aromatic rings. The molecule has 3 rings (SSSR count). The molecular formula is C15H18ClN5O2. The number of hydrogen-bond acceptors (Lipinski definition) is 5. The van der Waals surface area contributed by atoms with Crippen molar-refractivity contribution in [1.29, 1.82) is 0 Å². The Hall–Kier alpha value is -1.99. The second-order valence-corrected chi connectivity index (χ2v) is 6.15. The van der Waals surface area contributed by atoms with Crippen molar-refractivity contribution in [3.63, 3.8) is 0 Å². The highest BCUT2D eigenvalue weighted by Crippen LogP contribution is 2.18. The maximum atomic E-state index is 12.4. The topological polar surface area (TPSA) is 73.1 Å². The lowest BCUT2D eigenvalue weighted by Gasteiger charge is -2.35. The Bertz CT molecular complexity index is 695. The lowest BCUT2D eigenvalue weighted by Crippen LogP contribution is -2.49.